The van der Waals surface area contributed by atoms with Crippen molar-refractivity contribution in [1.29, 1.82) is 0 Å². The van der Waals surface area contributed by atoms with Crippen LogP contribution in [0.1, 0.15) is 44.1 Å². The number of hydrogen-bond donors (Lipinski definition) is 2. The summed E-state index contributed by atoms with van der Waals surface area (Å²) in [6.07, 6.45) is 7.87. The average molecular weight is 289 g/mol. The molecule has 0 spiro atoms. The van der Waals surface area contributed by atoms with Gasteiger partial charge in [0.05, 0.1) is 0 Å². The molecule has 2 N–H and O–H groups in total. The minimum Gasteiger partial charge on any atom is -0.481 e. The van der Waals surface area contributed by atoms with Gasteiger partial charge in [-0.3, -0.25) is 9.59 Å². The first-order chi connectivity index (χ1) is 10.2. The standard InChI is InChI=1S/C17H23NO3/c19-16(12-8-11-15-9-4-3-5-10-15)18-14-7-2-1-6-13-17(20)21/h3-5,8-11H,1-2,6-7,12-14H2,(H,18,19)(H,20,21)/b11-8+. The Kier molecular flexibility index (Phi) is 8.61. The number of amides is 1. The number of carboxylic acids is 1. The number of benzene rings is 1. The molecule has 1 amide bonds. The molecular formula is C17H23NO3. The summed E-state index contributed by atoms with van der Waals surface area (Å²) < 4.78 is 0. The van der Waals surface area contributed by atoms with Crippen LogP contribution in [0.15, 0.2) is 36.4 Å². The van der Waals surface area contributed by atoms with Gasteiger partial charge in [-0.2, -0.15) is 0 Å². The van der Waals surface area contributed by atoms with E-state index in [1.807, 2.05) is 42.5 Å². The zero-order valence-corrected chi connectivity index (χ0v) is 12.3. The lowest BCUT2D eigenvalue weighted by Gasteiger charge is -2.03. The van der Waals surface area contributed by atoms with E-state index in [-0.39, 0.29) is 12.3 Å². The Morgan fingerprint density at radius 1 is 1.05 bits per heavy atom. The van der Waals surface area contributed by atoms with E-state index in [1.165, 1.54) is 0 Å². The van der Waals surface area contributed by atoms with E-state index >= 15 is 0 Å². The molecule has 1 rings (SSSR count). The van der Waals surface area contributed by atoms with Crippen LogP contribution >= 0.6 is 0 Å². The van der Waals surface area contributed by atoms with Crippen LogP contribution in [0, 0.1) is 0 Å². The Hall–Kier alpha value is -2.10. The van der Waals surface area contributed by atoms with Crippen LogP contribution in [0.25, 0.3) is 6.08 Å². The highest BCUT2D eigenvalue weighted by molar-refractivity contribution is 5.78. The molecule has 0 radical (unpaired) electrons. The zero-order chi connectivity index (χ0) is 15.3. The molecular weight excluding hydrogens is 266 g/mol. The molecule has 21 heavy (non-hydrogen) atoms. The molecule has 0 aromatic heterocycles. The molecule has 4 heteroatoms. The average Bonchev–Trinajstić information content (AvgIpc) is 2.47. The zero-order valence-electron chi connectivity index (χ0n) is 12.3. The molecule has 0 atom stereocenters. The maximum absolute atomic E-state index is 11.6. The minimum atomic E-state index is -0.742. The number of carbonyl (C=O) groups excluding carboxylic acids is 1. The lowest BCUT2D eigenvalue weighted by atomic mass is 10.1. The van der Waals surface area contributed by atoms with Gasteiger partial charge < -0.3 is 10.4 Å². The van der Waals surface area contributed by atoms with E-state index in [0.717, 1.165) is 24.8 Å². The van der Waals surface area contributed by atoms with Crippen molar-refractivity contribution in [3.8, 4) is 0 Å². The van der Waals surface area contributed by atoms with Gasteiger partial charge in [0.1, 0.15) is 0 Å². The minimum absolute atomic E-state index is 0.0210. The molecule has 0 aliphatic carbocycles. The van der Waals surface area contributed by atoms with Crippen molar-refractivity contribution in [2.45, 2.75) is 38.5 Å². The molecule has 0 fully saturated rings. The van der Waals surface area contributed by atoms with Crippen LogP contribution in [-0.4, -0.2) is 23.5 Å². The fourth-order valence-corrected chi connectivity index (χ4v) is 1.92. The quantitative estimate of drug-likeness (QED) is 0.650. The summed E-state index contributed by atoms with van der Waals surface area (Å²) in [4.78, 5) is 21.9. The summed E-state index contributed by atoms with van der Waals surface area (Å²) in [6.45, 7) is 0.658. The van der Waals surface area contributed by atoms with E-state index in [0.29, 0.717) is 19.4 Å². The summed E-state index contributed by atoms with van der Waals surface area (Å²) in [6, 6.07) is 9.87. The second-order valence-electron chi connectivity index (χ2n) is 4.93. The first kappa shape index (κ1) is 17.0. The number of nitrogens with one attached hydrogen (secondary N) is 1. The summed E-state index contributed by atoms with van der Waals surface area (Å²) in [5.74, 6) is -0.721. The van der Waals surface area contributed by atoms with E-state index in [2.05, 4.69) is 5.32 Å². The Morgan fingerprint density at radius 2 is 1.76 bits per heavy atom. The van der Waals surface area contributed by atoms with Gasteiger partial charge >= 0.3 is 5.97 Å². The first-order valence-corrected chi connectivity index (χ1v) is 7.38. The highest BCUT2D eigenvalue weighted by atomic mass is 16.4. The largest absolute Gasteiger partial charge is 0.481 e. The molecule has 0 saturated heterocycles. The molecule has 1 aromatic carbocycles. The van der Waals surface area contributed by atoms with E-state index in [1.54, 1.807) is 0 Å². The Bertz CT molecular complexity index is 454. The smallest absolute Gasteiger partial charge is 0.303 e. The van der Waals surface area contributed by atoms with E-state index < -0.39 is 5.97 Å². The number of carbonyl (C=O) groups is 2. The van der Waals surface area contributed by atoms with Gasteiger partial charge in [0, 0.05) is 19.4 Å². The SMILES string of the molecule is O=C(O)CCCCCCNC(=O)C/C=C/c1ccccc1. The third-order valence-electron chi connectivity index (χ3n) is 3.05. The number of rotatable bonds is 10. The highest BCUT2D eigenvalue weighted by Gasteiger charge is 1.98. The van der Waals surface area contributed by atoms with Gasteiger partial charge in [0.15, 0.2) is 0 Å². The second kappa shape index (κ2) is 10.7. The normalized spacial score (nSPS) is 10.7. The van der Waals surface area contributed by atoms with Gasteiger partial charge in [-0.05, 0) is 18.4 Å². The molecule has 1 aromatic rings. The number of aliphatic carboxylic acids is 1. The topological polar surface area (TPSA) is 66.4 Å². The van der Waals surface area contributed by atoms with Crippen molar-refractivity contribution in [3.63, 3.8) is 0 Å². The third kappa shape index (κ3) is 9.44. The highest BCUT2D eigenvalue weighted by Crippen LogP contribution is 2.03. The molecule has 0 saturated carbocycles. The Balaban J connectivity index is 2.01. The van der Waals surface area contributed by atoms with Crippen LogP contribution in [0.4, 0.5) is 0 Å². The third-order valence-corrected chi connectivity index (χ3v) is 3.05. The van der Waals surface area contributed by atoms with Gasteiger partial charge in [-0.15, -0.1) is 0 Å². The van der Waals surface area contributed by atoms with Crippen LogP contribution in [-0.2, 0) is 9.59 Å². The number of unbranched alkanes of at least 4 members (excludes halogenated alkanes) is 3. The fourth-order valence-electron chi connectivity index (χ4n) is 1.92. The summed E-state index contributed by atoms with van der Waals surface area (Å²) in [5, 5.41) is 11.4. The van der Waals surface area contributed by atoms with Crippen molar-refractivity contribution in [2.24, 2.45) is 0 Å². The molecule has 0 unspecified atom stereocenters. The molecule has 4 nitrogen and oxygen atoms in total. The molecule has 0 heterocycles. The molecule has 0 aliphatic heterocycles. The van der Waals surface area contributed by atoms with Crippen molar-refractivity contribution >= 4 is 18.0 Å². The predicted molar refractivity (Wildman–Crippen MR) is 83.8 cm³/mol. The monoisotopic (exact) mass is 289 g/mol. The maximum atomic E-state index is 11.6. The predicted octanol–water partition coefficient (Wildman–Crippen LogP) is 3.24. The fraction of sp³-hybridized carbons (Fsp3) is 0.412. The van der Waals surface area contributed by atoms with Gasteiger partial charge in [0.25, 0.3) is 0 Å². The van der Waals surface area contributed by atoms with Crippen LogP contribution < -0.4 is 5.32 Å². The molecule has 114 valence electrons. The number of hydrogen-bond acceptors (Lipinski definition) is 2. The summed E-state index contributed by atoms with van der Waals surface area (Å²) in [7, 11) is 0. The molecule has 0 aliphatic rings. The Morgan fingerprint density at radius 3 is 2.48 bits per heavy atom. The van der Waals surface area contributed by atoms with Crippen molar-refractivity contribution in [1.82, 2.24) is 5.32 Å². The van der Waals surface area contributed by atoms with E-state index in [4.69, 9.17) is 5.11 Å². The van der Waals surface area contributed by atoms with Gasteiger partial charge in [-0.1, -0.05) is 55.3 Å². The van der Waals surface area contributed by atoms with Gasteiger partial charge in [0.2, 0.25) is 5.91 Å². The van der Waals surface area contributed by atoms with Crippen molar-refractivity contribution < 1.29 is 14.7 Å². The lowest BCUT2D eigenvalue weighted by molar-refractivity contribution is -0.137. The first-order valence-electron chi connectivity index (χ1n) is 7.38. The van der Waals surface area contributed by atoms with Crippen molar-refractivity contribution in [3.05, 3.63) is 42.0 Å². The Labute approximate surface area is 125 Å². The van der Waals surface area contributed by atoms with E-state index in [9.17, 15) is 9.59 Å². The van der Waals surface area contributed by atoms with Crippen LogP contribution in [0.3, 0.4) is 0 Å². The second-order valence-corrected chi connectivity index (χ2v) is 4.93. The molecule has 0 bridgehead atoms. The summed E-state index contributed by atoms with van der Waals surface area (Å²) in [5.41, 5.74) is 1.09. The maximum Gasteiger partial charge on any atom is 0.303 e. The number of carboxylic acid groups (broad SMARTS) is 1. The van der Waals surface area contributed by atoms with Crippen LogP contribution in [0.2, 0.25) is 0 Å². The van der Waals surface area contributed by atoms with Crippen LogP contribution in [0.5, 0.6) is 0 Å². The van der Waals surface area contributed by atoms with Crippen molar-refractivity contribution in [2.75, 3.05) is 6.54 Å². The summed E-state index contributed by atoms with van der Waals surface area (Å²) >= 11 is 0. The van der Waals surface area contributed by atoms with Gasteiger partial charge in [-0.25, -0.2) is 0 Å². The lowest BCUT2D eigenvalue weighted by Crippen LogP contribution is -2.23.